The molecule has 1 unspecified atom stereocenters. The number of nitrogens with zero attached hydrogens (tertiary/aromatic N) is 1. The summed E-state index contributed by atoms with van der Waals surface area (Å²) >= 11 is 27.3. The second-order valence-electron chi connectivity index (χ2n) is 2.78. The predicted octanol–water partition coefficient (Wildman–Crippen LogP) is 0.0672. The van der Waals surface area contributed by atoms with Gasteiger partial charge in [0.15, 0.2) is 0 Å². The van der Waals surface area contributed by atoms with E-state index in [4.69, 9.17) is 42.4 Å². The average Bonchev–Trinajstić information content (AvgIpc) is 2.14. The molecule has 0 saturated carbocycles. The largest absolute Gasteiger partial charge is 0.412 e. The zero-order valence-electron chi connectivity index (χ0n) is 8.79. The third kappa shape index (κ3) is 7.90. The normalized spacial score (nSPS) is 11.3. The molecule has 5 N–H and O–H groups in total. The van der Waals surface area contributed by atoms with Crippen LogP contribution in [-0.4, -0.2) is 48.9 Å². The molecule has 4 nitrogen and oxygen atoms in total. The lowest BCUT2D eigenvalue weighted by atomic mass is 10.3. The SMILES string of the molecule is NCCNCC(C(=S)S)N(C(=S)S)C(=S)S.O. The fraction of sp³-hybridized carbons (Fsp3) is 0.571. The molecule has 0 spiro atoms. The second-order valence-corrected chi connectivity index (χ2v) is 6.23. The Hall–Kier alpha value is 1.00. The van der Waals surface area contributed by atoms with Gasteiger partial charge < -0.3 is 21.4 Å². The molecule has 0 aliphatic heterocycles. The van der Waals surface area contributed by atoms with Crippen LogP contribution in [-0.2, 0) is 0 Å². The quantitative estimate of drug-likeness (QED) is 0.265. The molecule has 10 heteroatoms. The lowest BCUT2D eigenvalue weighted by molar-refractivity contribution is 0.525. The van der Waals surface area contributed by atoms with Crippen molar-refractivity contribution < 1.29 is 5.48 Å². The maximum atomic E-state index is 5.38. The van der Waals surface area contributed by atoms with Gasteiger partial charge in [0, 0.05) is 19.6 Å². The lowest BCUT2D eigenvalue weighted by Crippen LogP contribution is -2.48. The minimum absolute atomic E-state index is 0. The third-order valence-corrected chi connectivity index (χ3v) is 3.06. The standard InChI is InChI=1S/C7H13N3S6.H2O/c8-1-2-9-3-4(5(11)12)10(6(13)14)7(15)16;/h4,9H,1-3,8H2,(H,11,12)(H,13,14)(H,15,16);1H2. The van der Waals surface area contributed by atoms with E-state index >= 15 is 0 Å². The Kier molecular flexibility index (Phi) is 13.0. The van der Waals surface area contributed by atoms with Gasteiger partial charge in [-0.2, -0.15) is 0 Å². The van der Waals surface area contributed by atoms with Crippen LogP contribution in [0.2, 0.25) is 0 Å². The zero-order chi connectivity index (χ0) is 12.7. The van der Waals surface area contributed by atoms with Crippen molar-refractivity contribution in [3.63, 3.8) is 0 Å². The highest BCUT2D eigenvalue weighted by Crippen LogP contribution is 2.12. The minimum atomic E-state index is -0.250. The van der Waals surface area contributed by atoms with Crippen molar-refractivity contribution in [2.45, 2.75) is 6.04 Å². The third-order valence-electron chi connectivity index (χ3n) is 1.67. The summed E-state index contributed by atoms with van der Waals surface area (Å²) in [5.74, 6) is 0. The van der Waals surface area contributed by atoms with Crippen LogP contribution in [0.15, 0.2) is 0 Å². The molecule has 0 bridgehead atoms. The van der Waals surface area contributed by atoms with Gasteiger partial charge in [-0.05, 0) is 0 Å². The fourth-order valence-electron chi connectivity index (χ4n) is 0.978. The van der Waals surface area contributed by atoms with Gasteiger partial charge in [-0.3, -0.25) is 0 Å². The Morgan fingerprint density at radius 2 is 1.65 bits per heavy atom. The molecule has 0 aliphatic rings. The molecule has 0 saturated heterocycles. The van der Waals surface area contributed by atoms with Crippen molar-refractivity contribution in [1.82, 2.24) is 10.2 Å². The first-order chi connectivity index (χ1) is 7.41. The first kappa shape index (κ1) is 20.3. The molecule has 0 aromatic rings. The van der Waals surface area contributed by atoms with E-state index in [0.29, 0.717) is 32.5 Å². The van der Waals surface area contributed by atoms with Crippen molar-refractivity contribution in [3.8, 4) is 0 Å². The maximum Gasteiger partial charge on any atom is 0.139 e. The highest BCUT2D eigenvalue weighted by molar-refractivity contribution is 8.14. The highest BCUT2D eigenvalue weighted by atomic mass is 32.1. The van der Waals surface area contributed by atoms with E-state index in [-0.39, 0.29) is 11.5 Å². The molecule has 100 valence electrons. The number of hydrogen-bond acceptors (Lipinski definition) is 5. The van der Waals surface area contributed by atoms with Crippen LogP contribution >= 0.6 is 74.5 Å². The first-order valence-corrected chi connectivity index (χ1v) is 6.87. The van der Waals surface area contributed by atoms with Crippen molar-refractivity contribution >= 4 is 87.4 Å². The first-order valence-electron chi connectivity index (χ1n) is 4.30. The van der Waals surface area contributed by atoms with Crippen molar-refractivity contribution in [2.24, 2.45) is 5.73 Å². The second kappa shape index (κ2) is 10.9. The summed E-state index contributed by atoms with van der Waals surface area (Å²) < 4.78 is 1.10. The van der Waals surface area contributed by atoms with E-state index in [1.807, 2.05) is 0 Å². The number of hydrogen-bond donors (Lipinski definition) is 5. The molecule has 17 heavy (non-hydrogen) atoms. The van der Waals surface area contributed by atoms with Crippen LogP contribution in [0.4, 0.5) is 0 Å². The molecule has 0 aliphatic carbocycles. The Labute approximate surface area is 134 Å². The number of rotatable bonds is 6. The van der Waals surface area contributed by atoms with E-state index in [0.717, 1.165) is 0 Å². The smallest absolute Gasteiger partial charge is 0.139 e. The molecule has 1 atom stereocenters. The van der Waals surface area contributed by atoms with E-state index < -0.39 is 0 Å². The van der Waals surface area contributed by atoms with Crippen LogP contribution < -0.4 is 11.1 Å². The summed E-state index contributed by atoms with van der Waals surface area (Å²) in [5.41, 5.74) is 5.38. The van der Waals surface area contributed by atoms with Gasteiger partial charge in [0.25, 0.3) is 0 Å². The number of thiocarbonyl (C=S) groups is 3. The topological polar surface area (TPSA) is 72.8 Å². The van der Waals surface area contributed by atoms with Crippen molar-refractivity contribution in [1.29, 1.82) is 0 Å². The molecular formula is C7H15N3OS6. The van der Waals surface area contributed by atoms with Gasteiger partial charge in [0.1, 0.15) is 8.64 Å². The van der Waals surface area contributed by atoms with Gasteiger partial charge >= 0.3 is 0 Å². The van der Waals surface area contributed by atoms with Crippen LogP contribution in [0.1, 0.15) is 0 Å². The highest BCUT2D eigenvalue weighted by Gasteiger charge is 2.23. The summed E-state index contributed by atoms with van der Waals surface area (Å²) in [6.07, 6.45) is 0. The minimum Gasteiger partial charge on any atom is -0.412 e. The fourth-order valence-corrected chi connectivity index (χ4v) is 2.56. The summed E-state index contributed by atoms with van der Waals surface area (Å²) in [6, 6.07) is -0.250. The Balaban J connectivity index is 0. The molecule has 0 aromatic heterocycles. The molecule has 0 fully saturated rings. The van der Waals surface area contributed by atoms with Gasteiger partial charge in [-0.1, -0.05) is 36.7 Å². The van der Waals surface area contributed by atoms with E-state index in [2.05, 4.69) is 43.2 Å². The van der Waals surface area contributed by atoms with Crippen molar-refractivity contribution in [2.75, 3.05) is 19.6 Å². The summed E-state index contributed by atoms with van der Waals surface area (Å²) in [5, 5.41) is 3.12. The van der Waals surface area contributed by atoms with Crippen LogP contribution in [0.25, 0.3) is 0 Å². The Morgan fingerprint density at radius 3 is 1.94 bits per heavy atom. The van der Waals surface area contributed by atoms with Crippen LogP contribution in [0.5, 0.6) is 0 Å². The monoisotopic (exact) mass is 349 g/mol. The molecule has 0 radical (unpaired) electrons. The number of thiol groups is 3. The predicted molar refractivity (Wildman–Crippen MR) is 95.9 cm³/mol. The van der Waals surface area contributed by atoms with Crippen molar-refractivity contribution in [3.05, 3.63) is 0 Å². The van der Waals surface area contributed by atoms with E-state index in [9.17, 15) is 0 Å². The van der Waals surface area contributed by atoms with Crippen LogP contribution in [0, 0.1) is 0 Å². The molecular weight excluding hydrogens is 334 g/mol. The summed E-state index contributed by atoms with van der Waals surface area (Å²) in [6.45, 7) is 1.77. The Morgan fingerprint density at radius 1 is 1.18 bits per heavy atom. The van der Waals surface area contributed by atoms with Gasteiger partial charge in [0.2, 0.25) is 0 Å². The Bertz CT molecular complexity index is 273. The number of nitrogens with two attached hydrogens (primary N) is 1. The molecule has 0 amide bonds. The molecule has 0 heterocycles. The van der Waals surface area contributed by atoms with Crippen LogP contribution in [0.3, 0.4) is 0 Å². The van der Waals surface area contributed by atoms with Gasteiger partial charge in [-0.15, -0.1) is 37.9 Å². The molecule has 0 aromatic carbocycles. The zero-order valence-corrected chi connectivity index (χ0v) is 13.9. The molecule has 0 rings (SSSR count). The average molecular weight is 350 g/mol. The lowest BCUT2D eigenvalue weighted by Gasteiger charge is -2.30. The number of nitrogens with one attached hydrogen (secondary N) is 1. The van der Waals surface area contributed by atoms with Gasteiger partial charge in [0.05, 0.1) is 10.2 Å². The maximum absolute atomic E-state index is 5.38. The van der Waals surface area contributed by atoms with E-state index in [1.165, 1.54) is 0 Å². The van der Waals surface area contributed by atoms with E-state index in [1.54, 1.807) is 4.90 Å². The summed E-state index contributed by atoms with van der Waals surface area (Å²) in [4.78, 5) is 1.57. The van der Waals surface area contributed by atoms with Gasteiger partial charge in [-0.25, -0.2) is 0 Å². The summed E-state index contributed by atoms with van der Waals surface area (Å²) in [7, 11) is 0.